The number of allylic oxidation sites excluding steroid dienone is 1. The van der Waals surface area contributed by atoms with Crippen LogP contribution in [0.2, 0.25) is 5.28 Å². The van der Waals surface area contributed by atoms with Gasteiger partial charge in [-0.3, -0.25) is 4.84 Å². The monoisotopic (exact) mass is 295 g/mol. The Hall–Kier alpha value is -1.70. The fourth-order valence-electron chi connectivity index (χ4n) is 2.39. The number of hydrogen-bond donors (Lipinski definition) is 2. The Labute approximate surface area is 120 Å². The van der Waals surface area contributed by atoms with E-state index in [4.69, 9.17) is 16.4 Å². The molecule has 0 spiro atoms. The number of aliphatic hydroxyl groups excluding tert-OH is 1. The largest absolute Gasteiger partial charge is 0.396 e. The Bertz CT molecular complexity index is 657. The van der Waals surface area contributed by atoms with E-state index in [0.717, 1.165) is 6.42 Å². The molecule has 8 heteroatoms. The zero-order chi connectivity index (χ0) is 14.1. The maximum atomic E-state index is 9.20. The minimum atomic E-state index is 0.110. The summed E-state index contributed by atoms with van der Waals surface area (Å²) in [4.78, 5) is 17.5. The SMILES string of the molecule is CONc1nc(Cl)nc2c1ncn2[C@H]1C=C[C@@H](CO)C1. The topological polar surface area (TPSA) is 85.1 Å². The third kappa shape index (κ3) is 2.24. The second kappa shape index (κ2) is 5.35. The van der Waals surface area contributed by atoms with Gasteiger partial charge in [0.15, 0.2) is 17.0 Å². The summed E-state index contributed by atoms with van der Waals surface area (Å²) in [5, 5.41) is 9.33. The first-order valence-corrected chi connectivity index (χ1v) is 6.59. The van der Waals surface area contributed by atoms with E-state index in [-0.39, 0.29) is 23.9 Å². The molecule has 0 saturated heterocycles. The number of nitrogens with zero attached hydrogens (tertiary/aromatic N) is 4. The van der Waals surface area contributed by atoms with E-state index in [9.17, 15) is 5.11 Å². The molecule has 1 aliphatic rings. The van der Waals surface area contributed by atoms with Crippen molar-refractivity contribution in [2.45, 2.75) is 12.5 Å². The summed E-state index contributed by atoms with van der Waals surface area (Å²) in [6.07, 6.45) is 6.57. The minimum absolute atomic E-state index is 0.110. The number of nitrogens with one attached hydrogen (secondary N) is 1. The van der Waals surface area contributed by atoms with Crippen molar-refractivity contribution in [3.63, 3.8) is 0 Å². The molecule has 0 radical (unpaired) electrons. The maximum Gasteiger partial charge on any atom is 0.226 e. The molecule has 0 aromatic carbocycles. The van der Waals surface area contributed by atoms with Crippen LogP contribution in [-0.2, 0) is 4.84 Å². The second-order valence-corrected chi connectivity index (χ2v) is 4.94. The van der Waals surface area contributed by atoms with Crippen molar-refractivity contribution in [3.8, 4) is 0 Å². The van der Waals surface area contributed by atoms with Gasteiger partial charge in [0.1, 0.15) is 0 Å². The molecule has 7 nitrogen and oxygen atoms in total. The second-order valence-electron chi connectivity index (χ2n) is 4.60. The van der Waals surface area contributed by atoms with E-state index in [1.807, 2.05) is 16.7 Å². The van der Waals surface area contributed by atoms with Gasteiger partial charge in [0, 0.05) is 12.5 Å². The molecule has 1 aliphatic carbocycles. The predicted molar refractivity (Wildman–Crippen MR) is 74.3 cm³/mol. The molecule has 0 aliphatic heterocycles. The van der Waals surface area contributed by atoms with Crippen LogP contribution in [0.5, 0.6) is 0 Å². The van der Waals surface area contributed by atoms with Gasteiger partial charge in [-0.1, -0.05) is 12.2 Å². The molecule has 106 valence electrons. The summed E-state index contributed by atoms with van der Waals surface area (Å²) in [6.45, 7) is 0.145. The highest BCUT2D eigenvalue weighted by atomic mass is 35.5. The number of anilines is 1. The molecule has 0 fully saturated rings. The van der Waals surface area contributed by atoms with Crippen molar-refractivity contribution in [1.29, 1.82) is 0 Å². The molecular formula is C12H14ClN5O2. The molecule has 2 heterocycles. The lowest BCUT2D eigenvalue weighted by Crippen LogP contribution is -2.08. The van der Waals surface area contributed by atoms with Crippen LogP contribution in [0.25, 0.3) is 11.2 Å². The molecule has 2 N–H and O–H groups in total. The number of aromatic nitrogens is 4. The summed E-state index contributed by atoms with van der Waals surface area (Å²) in [5.74, 6) is 0.605. The summed E-state index contributed by atoms with van der Waals surface area (Å²) >= 11 is 5.93. The van der Waals surface area contributed by atoms with Crippen LogP contribution in [0, 0.1) is 5.92 Å². The fourth-order valence-corrected chi connectivity index (χ4v) is 2.56. The first kappa shape index (κ1) is 13.3. The lowest BCUT2D eigenvalue weighted by molar-refractivity contribution is 0.244. The van der Waals surface area contributed by atoms with Crippen molar-refractivity contribution < 1.29 is 9.94 Å². The number of aliphatic hydroxyl groups is 1. The van der Waals surface area contributed by atoms with E-state index >= 15 is 0 Å². The molecule has 0 unspecified atom stereocenters. The number of halogens is 1. The fraction of sp³-hybridized carbons (Fsp3) is 0.417. The maximum absolute atomic E-state index is 9.20. The quantitative estimate of drug-likeness (QED) is 0.506. The van der Waals surface area contributed by atoms with Gasteiger partial charge in [-0.15, -0.1) is 0 Å². The lowest BCUT2D eigenvalue weighted by Gasteiger charge is -2.12. The van der Waals surface area contributed by atoms with Crippen molar-refractivity contribution in [2.75, 3.05) is 19.2 Å². The molecule has 0 amide bonds. The Morgan fingerprint density at radius 1 is 1.50 bits per heavy atom. The van der Waals surface area contributed by atoms with Crippen LogP contribution in [-0.4, -0.2) is 38.3 Å². The average Bonchev–Trinajstić information content (AvgIpc) is 3.04. The summed E-state index contributed by atoms with van der Waals surface area (Å²) < 4.78 is 1.93. The first-order chi connectivity index (χ1) is 9.72. The van der Waals surface area contributed by atoms with Gasteiger partial charge in [0.25, 0.3) is 0 Å². The van der Waals surface area contributed by atoms with Gasteiger partial charge in [-0.05, 0) is 18.0 Å². The number of rotatable bonds is 4. The van der Waals surface area contributed by atoms with Crippen LogP contribution in [0.4, 0.5) is 5.82 Å². The van der Waals surface area contributed by atoms with Gasteiger partial charge in [-0.2, -0.15) is 9.97 Å². The Balaban J connectivity index is 2.03. The zero-order valence-corrected chi connectivity index (χ0v) is 11.6. The molecular weight excluding hydrogens is 282 g/mol. The van der Waals surface area contributed by atoms with Crippen LogP contribution in [0.3, 0.4) is 0 Å². The molecule has 2 aromatic rings. The predicted octanol–water partition coefficient (Wildman–Crippen LogP) is 1.56. The van der Waals surface area contributed by atoms with Crippen molar-refractivity contribution in [1.82, 2.24) is 19.5 Å². The molecule has 0 saturated carbocycles. The van der Waals surface area contributed by atoms with Crippen LogP contribution >= 0.6 is 11.6 Å². The van der Waals surface area contributed by atoms with E-state index in [1.54, 1.807) is 6.33 Å². The van der Waals surface area contributed by atoms with Crippen molar-refractivity contribution in [3.05, 3.63) is 23.8 Å². The highest BCUT2D eigenvalue weighted by Crippen LogP contribution is 2.31. The van der Waals surface area contributed by atoms with E-state index in [1.165, 1.54) is 7.11 Å². The third-order valence-electron chi connectivity index (χ3n) is 3.33. The molecule has 3 rings (SSSR count). The van der Waals surface area contributed by atoms with Crippen LogP contribution < -0.4 is 5.48 Å². The van der Waals surface area contributed by atoms with Gasteiger partial charge in [0.05, 0.1) is 19.5 Å². The van der Waals surface area contributed by atoms with E-state index < -0.39 is 0 Å². The minimum Gasteiger partial charge on any atom is -0.396 e. The normalized spacial score (nSPS) is 21.8. The number of hydrogen-bond acceptors (Lipinski definition) is 6. The Morgan fingerprint density at radius 2 is 2.35 bits per heavy atom. The van der Waals surface area contributed by atoms with Crippen molar-refractivity contribution >= 4 is 28.6 Å². The highest BCUT2D eigenvalue weighted by molar-refractivity contribution is 6.28. The highest BCUT2D eigenvalue weighted by Gasteiger charge is 2.23. The van der Waals surface area contributed by atoms with Gasteiger partial charge in [0.2, 0.25) is 5.28 Å². The summed E-state index contributed by atoms with van der Waals surface area (Å²) in [5.41, 5.74) is 3.88. The molecule has 2 atom stereocenters. The first-order valence-electron chi connectivity index (χ1n) is 6.21. The summed E-state index contributed by atoms with van der Waals surface area (Å²) in [7, 11) is 1.49. The van der Waals surface area contributed by atoms with Gasteiger partial charge < -0.3 is 9.67 Å². The zero-order valence-electron chi connectivity index (χ0n) is 10.8. The molecule has 20 heavy (non-hydrogen) atoms. The lowest BCUT2D eigenvalue weighted by atomic mass is 10.1. The molecule has 2 aromatic heterocycles. The van der Waals surface area contributed by atoms with Gasteiger partial charge in [-0.25, -0.2) is 10.5 Å². The van der Waals surface area contributed by atoms with Gasteiger partial charge >= 0.3 is 0 Å². The van der Waals surface area contributed by atoms with E-state index in [2.05, 4.69) is 20.4 Å². The van der Waals surface area contributed by atoms with Crippen LogP contribution in [0.15, 0.2) is 18.5 Å². The molecule has 0 bridgehead atoms. The van der Waals surface area contributed by atoms with E-state index in [0.29, 0.717) is 17.0 Å². The third-order valence-corrected chi connectivity index (χ3v) is 3.50. The average molecular weight is 296 g/mol. The standard InChI is InChI=1S/C12H14ClN5O2/c1-20-17-10-9-11(16-12(13)15-10)18(6-14-9)8-3-2-7(4-8)5-19/h2-3,6-8,19H,4-5H2,1H3,(H,15,16,17)/t7-,8+/m1/s1. The number of imidazole rings is 1. The van der Waals surface area contributed by atoms with Crippen LogP contribution in [0.1, 0.15) is 12.5 Å². The van der Waals surface area contributed by atoms with Crippen molar-refractivity contribution in [2.24, 2.45) is 5.92 Å². The smallest absolute Gasteiger partial charge is 0.226 e. The summed E-state index contributed by atoms with van der Waals surface area (Å²) in [6, 6.07) is 0.110. The Kier molecular flexibility index (Phi) is 3.56. The Morgan fingerprint density at radius 3 is 3.05 bits per heavy atom. The number of fused-ring (bicyclic) bond motifs is 1.